The van der Waals surface area contributed by atoms with Gasteiger partial charge in [-0.25, -0.2) is 8.42 Å². The van der Waals surface area contributed by atoms with Gasteiger partial charge in [0, 0.05) is 13.2 Å². The molecule has 0 aliphatic rings. The zero-order valence-corrected chi connectivity index (χ0v) is 12.6. The average Bonchev–Trinajstić information content (AvgIpc) is 2.37. The van der Waals surface area contributed by atoms with Crippen molar-refractivity contribution < 1.29 is 17.9 Å². The van der Waals surface area contributed by atoms with E-state index in [-0.39, 0.29) is 16.3 Å². The van der Waals surface area contributed by atoms with Crippen molar-refractivity contribution in [3.63, 3.8) is 0 Å². The van der Waals surface area contributed by atoms with Crippen LogP contribution in [0, 0.1) is 0 Å². The van der Waals surface area contributed by atoms with Crippen molar-refractivity contribution in [2.75, 3.05) is 25.7 Å². The molecule has 0 radical (unpaired) electrons. The van der Waals surface area contributed by atoms with Crippen LogP contribution >= 0.6 is 0 Å². The molecule has 5 nitrogen and oxygen atoms in total. The van der Waals surface area contributed by atoms with Gasteiger partial charge >= 0.3 is 0 Å². The summed E-state index contributed by atoms with van der Waals surface area (Å²) in [7, 11) is -0.408. The zero-order chi connectivity index (χ0) is 14.7. The molecule has 0 saturated carbocycles. The first kappa shape index (κ1) is 15.8. The van der Waals surface area contributed by atoms with Crippen LogP contribution < -0.4 is 10.5 Å². The number of benzene rings is 1. The van der Waals surface area contributed by atoms with E-state index in [1.54, 1.807) is 13.2 Å². The SMILES string of the molecule is COc1ccc(N)c(S(=O)(=O)CCC(C)(C)OC)c1. The smallest absolute Gasteiger partial charge is 0.180 e. The maximum absolute atomic E-state index is 12.3. The number of rotatable bonds is 6. The van der Waals surface area contributed by atoms with Gasteiger partial charge in [0.15, 0.2) is 9.84 Å². The Balaban J connectivity index is 3.00. The number of nitrogen functional groups attached to an aromatic ring is 1. The van der Waals surface area contributed by atoms with Crippen molar-refractivity contribution in [1.82, 2.24) is 0 Å². The van der Waals surface area contributed by atoms with E-state index < -0.39 is 15.4 Å². The van der Waals surface area contributed by atoms with Crippen LogP contribution in [0.1, 0.15) is 20.3 Å². The van der Waals surface area contributed by atoms with Crippen LogP contribution in [0.25, 0.3) is 0 Å². The number of sulfone groups is 1. The fraction of sp³-hybridized carbons (Fsp3) is 0.538. The molecule has 1 rings (SSSR count). The van der Waals surface area contributed by atoms with Crippen LogP contribution in [0.3, 0.4) is 0 Å². The monoisotopic (exact) mass is 287 g/mol. The molecule has 0 heterocycles. The van der Waals surface area contributed by atoms with Gasteiger partial charge in [-0.3, -0.25) is 0 Å². The molecule has 1 aromatic carbocycles. The number of hydrogen-bond donors (Lipinski definition) is 1. The maximum Gasteiger partial charge on any atom is 0.180 e. The Morgan fingerprint density at radius 2 is 1.89 bits per heavy atom. The summed E-state index contributed by atoms with van der Waals surface area (Å²) in [6.45, 7) is 3.69. The minimum atomic E-state index is -3.45. The predicted molar refractivity (Wildman–Crippen MR) is 75.2 cm³/mol. The number of anilines is 1. The lowest BCUT2D eigenvalue weighted by Crippen LogP contribution is -2.26. The van der Waals surface area contributed by atoms with Crippen molar-refractivity contribution in [1.29, 1.82) is 0 Å². The highest BCUT2D eigenvalue weighted by molar-refractivity contribution is 7.91. The number of nitrogens with two attached hydrogens (primary N) is 1. The Labute approximate surface area is 114 Å². The van der Waals surface area contributed by atoms with Gasteiger partial charge in [-0.05, 0) is 32.4 Å². The fourth-order valence-corrected chi connectivity index (χ4v) is 3.21. The van der Waals surface area contributed by atoms with Crippen LogP contribution in [0.5, 0.6) is 5.75 Å². The Kier molecular flexibility index (Phi) is 4.81. The van der Waals surface area contributed by atoms with Crippen LogP contribution in [-0.4, -0.2) is 34.0 Å². The number of hydrogen-bond acceptors (Lipinski definition) is 5. The van der Waals surface area contributed by atoms with Crippen LogP contribution in [0.15, 0.2) is 23.1 Å². The quantitative estimate of drug-likeness (QED) is 0.808. The Bertz CT molecular complexity index is 538. The largest absolute Gasteiger partial charge is 0.497 e. The third kappa shape index (κ3) is 4.11. The Hall–Kier alpha value is -1.27. The van der Waals surface area contributed by atoms with Gasteiger partial charge in [-0.2, -0.15) is 0 Å². The van der Waals surface area contributed by atoms with E-state index in [2.05, 4.69) is 0 Å². The minimum Gasteiger partial charge on any atom is -0.497 e. The van der Waals surface area contributed by atoms with E-state index >= 15 is 0 Å². The van der Waals surface area contributed by atoms with Crippen molar-refractivity contribution in [2.45, 2.75) is 30.8 Å². The first-order valence-corrected chi connectivity index (χ1v) is 7.58. The summed E-state index contributed by atoms with van der Waals surface area (Å²) in [5, 5.41) is 0. The Morgan fingerprint density at radius 3 is 2.42 bits per heavy atom. The van der Waals surface area contributed by atoms with Gasteiger partial charge < -0.3 is 15.2 Å². The molecule has 108 valence electrons. The molecule has 0 aliphatic carbocycles. The highest BCUT2D eigenvalue weighted by Gasteiger charge is 2.24. The van der Waals surface area contributed by atoms with E-state index in [4.69, 9.17) is 15.2 Å². The molecule has 6 heteroatoms. The van der Waals surface area contributed by atoms with E-state index in [9.17, 15) is 8.42 Å². The predicted octanol–water partition coefficient (Wildman–Crippen LogP) is 1.87. The van der Waals surface area contributed by atoms with Gasteiger partial charge in [-0.1, -0.05) is 0 Å². The summed E-state index contributed by atoms with van der Waals surface area (Å²) in [4.78, 5) is 0.110. The van der Waals surface area contributed by atoms with Gasteiger partial charge in [0.05, 0.1) is 29.0 Å². The molecule has 2 N–H and O–H groups in total. The average molecular weight is 287 g/mol. The second-order valence-electron chi connectivity index (χ2n) is 4.94. The van der Waals surface area contributed by atoms with Gasteiger partial charge in [0.25, 0.3) is 0 Å². The third-order valence-electron chi connectivity index (χ3n) is 3.08. The summed E-state index contributed by atoms with van der Waals surface area (Å²) < 4.78 is 34.8. The molecule has 0 atom stereocenters. The molecular formula is C13H21NO4S. The summed E-state index contributed by atoms with van der Waals surface area (Å²) in [5.74, 6) is 0.448. The van der Waals surface area contributed by atoms with Crippen LogP contribution in [0.4, 0.5) is 5.69 Å². The lowest BCUT2D eigenvalue weighted by atomic mass is 10.1. The van der Waals surface area contributed by atoms with Crippen molar-refractivity contribution in [2.24, 2.45) is 0 Å². The van der Waals surface area contributed by atoms with E-state index in [0.717, 1.165) is 0 Å². The minimum absolute atomic E-state index is 0.0226. The summed E-state index contributed by atoms with van der Waals surface area (Å²) in [5.41, 5.74) is 5.48. The van der Waals surface area contributed by atoms with Crippen molar-refractivity contribution in [3.05, 3.63) is 18.2 Å². The normalized spacial score (nSPS) is 12.4. The van der Waals surface area contributed by atoms with Gasteiger partial charge in [0.2, 0.25) is 0 Å². The number of methoxy groups -OCH3 is 2. The van der Waals surface area contributed by atoms with Gasteiger partial charge in [0.1, 0.15) is 5.75 Å². The van der Waals surface area contributed by atoms with E-state index in [1.165, 1.54) is 19.2 Å². The maximum atomic E-state index is 12.3. The third-order valence-corrected chi connectivity index (χ3v) is 4.85. The number of ether oxygens (including phenoxy) is 2. The molecule has 19 heavy (non-hydrogen) atoms. The molecule has 0 saturated heterocycles. The standard InChI is InChI=1S/C13H21NO4S/c1-13(2,18-4)7-8-19(15,16)12-9-10(17-3)5-6-11(12)14/h5-6,9H,7-8,14H2,1-4H3. The zero-order valence-electron chi connectivity index (χ0n) is 11.8. The lowest BCUT2D eigenvalue weighted by molar-refractivity contribution is 0.0203. The molecule has 1 aromatic rings. The fourth-order valence-electron chi connectivity index (χ4n) is 1.50. The summed E-state index contributed by atoms with van der Waals surface area (Å²) >= 11 is 0. The molecule has 0 aliphatic heterocycles. The van der Waals surface area contributed by atoms with Crippen molar-refractivity contribution in [3.8, 4) is 5.75 Å². The van der Waals surface area contributed by atoms with E-state index in [0.29, 0.717) is 12.2 Å². The van der Waals surface area contributed by atoms with Crippen LogP contribution in [0.2, 0.25) is 0 Å². The molecule has 0 unspecified atom stereocenters. The first-order valence-electron chi connectivity index (χ1n) is 5.93. The second kappa shape index (κ2) is 5.79. The lowest BCUT2D eigenvalue weighted by Gasteiger charge is -2.22. The molecule has 0 aromatic heterocycles. The molecule has 0 spiro atoms. The highest BCUT2D eigenvalue weighted by Crippen LogP contribution is 2.26. The first-order chi connectivity index (χ1) is 8.72. The van der Waals surface area contributed by atoms with E-state index in [1.807, 2.05) is 13.8 Å². The topological polar surface area (TPSA) is 78.6 Å². The summed E-state index contributed by atoms with van der Waals surface area (Å²) in [6, 6.07) is 4.62. The summed E-state index contributed by atoms with van der Waals surface area (Å²) in [6.07, 6.45) is 0.391. The second-order valence-corrected chi connectivity index (χ2v) is 7.01. The molecule has 0 bridgehead atoms. The van der Waals surface area contributed by atoms with Gasteiger partial charge in [-0.15, -0.1) is 0 Å². The molecule has 0 amide bonds. The highest BCUT2D eigenvalue weighted by atomic mass is 32.2. The molecule has 0 fully saturated rings. The Morgan fingerprint density at radius 1 is 1.26 bits per heavy atom. The molecular weight excluding hydrogens is 266 g/mol. The van der Waals surface area contributed by atoms with Crippen molar-refractivity contribution >= 4 is 15.5 Å². The van der Waals surface area contributed by atoms with Crippen LogP contribution in [-0.2, 0) is 14.6 Å².